The number of hydrogen-bond donors (Lipinski definition) is 2. The molecule has 0 fully saturated rings. The topological polar surface area (TPSA) is 47.7 Å². The number of hydrogen-bond acceptors (Lipinski definition) is 2. The molecule has 0 aromatic heterocycles. The molecule has 1 aliphatic rings. The van der Waals surface area contributed by atoms with Gasteiger partial charge in [-0.25, -0.2) is 10.8 Å². The Labute approximate surface area is 137 Å². The lowest BCUT2D eigenvalue weighted by Gasteiger charge is -2.25. The van der Waals surface area contributed by atoms with Crippen LogP contribution in [0.1, 0.15) is 24.0 Å². The van der Waals surface area contributed by atoms with Crippen molar-refractivity contribution in [1.82, 2.24) is 0 Å². The molecule has 2 aromatic carbocycles. The van der Waals surface area contributed by atoms with Crippen molar-refractivity contribution in [1.29, 1.82) is 10.8 Å². The number of nitrogens with one attached hydrogen (secondary N) is 2. The van der Waals surface area contributed by atoms with E-state index in [-0.39, 0.29) is 0 Å². The SMILES string of the molecule is CC=C1C=CC=C(c2ccccc2)C1c1ccccc1.N=C=N. The zero-order chi connectivity index (χ0) is 16.5. The highest BCUT2D eigenvalue weighted by atomic mass is 14.4. The predicted molar refractivity (Wildman–Crippen MR) is 96.9 cm³/mol. The van der Waals surface area contributed by atoms with Gasteiger partial charge in [0.15, 0.2) is 0 Å². The van der Waals surface area contributed by atoms with Gasteiger partial charge in [0, 0.05) is 5.92 Å². The molecule has 0 spiro atoms. The molecule has 0 radical (unpaired) electrons. The first-order chi connectivity index (χ1) is 11.3. The highest BCUT2D eigenvalue weighted by Crippen LogP contribution is 2.40. The summed E-state index contributed by atoms with van der Waals surface area (Å²) in [5, 5.41) is 11.2. The van der Waals surface area contributed by atoms with Crippen LogP contribution >= 0.6 is 0 Å². The first-order valence-electron chi connectivity index (χ1n) is 7.55. The molecular weight excluding hydrogens is 280 g/mol. The quantitative estimate of drug-likeness (QED) is 0.670. The summed E-state index contributed by atoms with van der Waals surface area (Å²) in [6.07, 6.45) is 8.81. The fourth-order valence-corrected chi connectivity index (χ4v) is 2.81. The van der Waals surface area contributed by atoms with Gasteiger partial charge in [-0.2, -0.15) is 0 Å². The maximum Gasteiger partial charge on any atom is 0.0831 e. The fourth-order valence-electron chi connectivity index (χ4n) is 2.81. The normalized spacial score (nSPS) is 17.7. The summed E-state index contributed by atoms with van der Waals surface area (Å²) in [6.45, 7) is 2.11. The van der Waals surface area contributed by atoms with Gasteiger partial charge in [-0.1, -0.05) is 85.0 Å². The second-order valence-electron chi connectivity index (χ2n) is 5.10. The van der Waals surface area contributed by atoms with Gasteiger partial charge >= 0.3 is 0 Å². The maximum absolute atomic E-state index is 5.62. The van der Waals surface area contributed by atoms with E-state index in [0.717, 1.165) is 0 Å². The summed E-state index contributed by atoms with van der Waals surface area (Å²) in [6, 6.07) is 22.6. The zero-order valence-corrected chi connectivity index (χ0v) is 13.2. The molecule has 1 unspecified atom stereocenters. The standard InChI is InChI=1S/C20H18.CH2N2/c1-2-16-14-9-15-19(17-10-5-3-6-11-17)20(16)18-12-7-4-8-13-18;2-1-3/h2-15,20H,1H3;2-3H. The van der Waals surface area contributed by atoms with Gasteiger partial charge < -0.3 is 0 Å². The van der Waals surface area contributed by atoms with Gasteiger partial charge in [0.1, 0.15) is 0 Å². The highest BCUT2D eigenvalue weighted by molar-refractivity contribution is 5.78. The molecule has 0 saturated carbocycles. The van der Waals surface area contributed by atoms with Crippen LogP contribution in [0, 0.1) is 10.8 Å². The van der Waals surface area contributed by atoms with Crippen molar-refractivity contribution in [3.63, 3.8) is 0 Å². The van der Waals surface area contributed by atoms with E-state index in [0.29, 0.717) is 5.92 Å². The van der Waals surface area contributed by atoms with E-state index in [2.05, 4.69) is 91.9 Å². The summed E-state index contributed by atoms with van der Waals surface area (Å²) >= 11 is 0. The van der Waals surface area contributed by atoms with E-state index in [1.54, 1.807) is 0 Å². The van der Waals surface area contributed by atoms with Crippen molar-refractivity contribution in [2.24, 2.45) is 0 Å². The van der Waals surface area contributed by atoms with E-state index in [4.69, 9.17) is 10.8 Å². The van der Waals surface area contributed by atoms with Crippen LogP contribution < -0.4 is 0 Å². The molecule has 1 aliphatic carbocycles. The molecular formula is C21H20N2. The molecule has 2 aromatic rings. The van der Waals surface area contributed by atoms with Crippen LogP contribution in [0.5, 0.6) is 0 Å². The summed E-state index contributed by atoms with van der Waals surface area (Å²) in [7, 11) is 0. The Bertz CT molecular complexity index is 747. The average Bonchev–Trinajstić information content (AvgIpc) is 2.63. The van der Waals surface area contributed by atoms with Crippen molar-refractivity contribution in [2.45, 2.75) is 12.8 Å². The van der Waals surface area contributed by atoms with Crippen molar-refractivity contribution in [3.05, 3.63) is 102 Å². The van der Waals surface area contributed by atoms with Crippen LogP contribution in [0.2, 0.25) is 0 Å². The van der Waals surface area contributed by atoms with Crippen molar-refractivity contribution in [3.8, 4) is 0 Å². The van der Waals surface area contributed by atoms with Crippen LogP contribution in [0.4, 0.5) is 0 Å². The lowest BCUT2D eigenvalue weighted by Crippen LogP contribution is -2.07. The van der Waals surface area contributed by atoms with E-state index in [1.807, 2.05) is 0 Å². The minimum Gasteiger partial charge on any atom is -0.242 e. The summed E-state index contributed by atoms with van der Waals surface area (Å²) in [5.41, 5.74) is 5.37. The molecule has 2 N–H and O–H groups in total. The lowest BCUT2D eigenvalue weighted by molar-refractivity contribution is 1.03. The van der Waals surface area contributed by atoms with Gasteiger partial charge in [0.25, 0.3) is 0 Å². The molecule has 0 bridgehead atoms. The smallest absolute Gasteiger partial charge is 0.0831 e. The van der Waals surface area contributed by atoms with Gasteiger partial charge in [0.05, 0.1) is 6.01 Å². The third-order valence-electron chi connectivity index (χ3n) is 3.78. The van der Waals surface area contributed by atoms with Gasteiger partial charge in [-0.3, -0.25) is 0 Å². The minimum absolute atomic E-state index is 0.327. The monoisotopic (exact) mass is 300 g/mol. The third-order valence-corrected chi connectivity index (χ3v) is 3.78. The summed E-state index contributed by atoms with van der Waals surface area (Å²) in [4.78, 5) is 0. The van der Waals surface area contributed by atoms with Crippen molar-refractivity contribution < 1.29 is 0 Å². The van der Waals surface area contributed by atoms with Crippen molar-refractivity contribution in [2.75, 3.05) is 0 Å². The Morgan fingerprint density at radius 2 is 1.48 bits per heavy atom. The van der Waals surface area contributed by atoms with E-state index < -0.39 is 0 Å². The Kier molecular flexibility index (Phi) is 6.05. The maximum atomic E-state index is 5.62. The molecule has 2 nitrogen and oxygen atoms in total. The van der Waals surface area contributed by atoms with Crippen molar-refractivity contribution >= 4 is 11.6 Å². The fraction of sp³-hybridized carbons (Fsp3) is 0.0952. The highest BCUT2D eigenvalue weighted by Gasteiger charge is 2.22. The Morgan fingerprint density at radius 1 is 0.913 bits per heavy atom. The molecule has 23 heavy (non-hydrogen) atoms. The van der Waals surface area contributed by atoms with Crippen LogP contribution in [-0.2, 0) is 0 Å². The van der Waals surface area contributed by atoms with E-state index in [1.165, 1.54) is 28.3 Å². The largest absolute Gasteiger partial charge is 0.242 e. The van der Waals surface area contributed by atoms with Gasteiger partial charge in [-0.15, -0.1) is 0 Å². The molecule has 114 valence electrons. The molecule has 3 rings (SSSR count). The zero-order valence-electron chi connectivity index (χ0n) is 13.2. The second kappa shape index (κ2) is 8.47. The first-order valence-corrected chi connectivity index (χ1v) is 7.55. The number of allylic oxidation sites excluding steroid dienone is 6. The number of rotatable bonds is 2. The Hall–Kier alpha value is -2.96. The van der Waals surface area contributed by atoms with Crippen LogP contribution in [0.25, 0.3) is 5.57 Å². The second-order valence-corrected chi connectivity index (χ2v) is 5.10. The van der Waals surface area contributed by atoms with E-state index >= 15 is 0 Å². The van der Waals surface area contributed by atoms with Crippen LogP contribution in [0.15, 0.2) is 90.5 Å². The van der Waals surface area contributed by atoms with Gasteiger partial charge in [0.2, 0.25) is 0 Å². The third kappa shape index (κ3) is 4.03. The molecule has 1 atom stereocenters. The van der Waals surface area contributed by atoms with E-state index in [9.17, 15) is 0 Å². The molecule has 0 heterocycles. The van der Waals surface area contributed by atoms with Gasteiger partial charge in [-0.05, 0) is 29.2 Å². The predicted octanol–water partition coefficient (Wildman–Crippen LogP) is 5.69. The first kappa shape index (κ1) is 16.4. The Balaban J connectivity index is 0.000000595. The molecule has 0 amide bonds. The van der Waals surface area contributed by atoms with Crippen LogP contribution in [-0.4, -0.2) is 6.01 Å². The molecule has 0 aliphatic heterocycles. The summed E-state index contributed by atoms with van der Waals surface area (Å²) in [5.74, 6) is 0.327. The average molecular weight is 300 g/mol. The molecule has 0 saturated heterocycles. The number of benzene rings is 2. The Morgan fingerprint density at radius 3 is 2.04 bits per heavy atom. The summed E-state index contributed by atoms with van der Waals surface area (Å²) < 4.78 is 0. The molecule has 2 heteroatoms. The lowest BCUT2D eigenvalue weighted by atomic mass is 9.78. The van der Waals surface area contributed by atoms with Crippen LogP contribution in [0.3, 0.4) is 0 Å². The minimum atomic E-state index is 0.327.